The molecule has 0 aliphatic heterocycles. The van der Waals surface area contributed by atoms with Crippen molar-refractivity contribution in [2.24, 2.45) is 0 Å². The van der Waals surface area contributed by atoms with Crippen molar-refractivity contribution in [1.29, 1.82) is 0 Å². The van der Waals surface area contributed by atoms with Crippen molar-refractivity contribution >= 4 is 17.3 Å². The lowest BCUT2D eigenvalue weighted by atomic mass is 10.2. The molecule has 19 heavy (non-hydrogen) atoms. The van der Waals surface area contributed by atoms with Crippen molar-refractivity contribution in [3.63, 3.8) is 0 Å². The fraction of sp³-hybridized carbons (Fsp3) is 0.0769. The highest BCUT2D eigenvalue weighted by molar-refractivity contribution is 5.94. The number of rotatable bonds is 3. The average molecular weight is 264 g/mol. The Labute approximate surface area is 107 Å². The summed E-state index contributed by atoms with van der Waals surface area (Å²) in [5.41, 5.74) is 0.0668. The van der Waals surface area contributed by atoms with E-state index in [2.05, 4.69) is 10.3 Å². The van der Waals surface area contributed by atoms with Gasteiger partial charge >= 0.3 is 5.97 Å². The fourth-order valence-corrected chi connectivity index (χ4v) is 1.59. The SMILES string of the molecule is Cc1cc(Nc2c(F)cccc2F)c(C(=O)O)cn1. The van der Waals surface area contributed by atoms with E-state index in [0.717, 1.165) is 18.3 Å². The lowest BCUT2D eigenvalue weighted by Gasteiger charge is -2.11. The Hall–Kier alpha value is -2.50. The first-order valence-corrected chi connectivity index (χ1v) is 5.40. The highest BCUT2D eigenvalue weighted by atomic mass is 19.1. The van der Waals surface area contributed by atoms with Crippen LogP contribution in [0.1, 0.15) is 16.1 Å². The van der Waals surface area contributed by atoms with Gasteiger partial charge in [-0.2, -0.15) is 0 Å². The van der Waals surface area contributed by atoms with Gasteiger partial charge in [-0.25, -0.2) is 13.6 Å². The molecular weight excluding hydrogens is 254 g/mol. The molecule has 2 N–H and O–H groups in total. The van der Waals surface area contributed by atoms with Crippen molar-refractivity contribution in [2.45, 2.75) is 6.92 Å². The predicted molar refractivity (Wildman–Crippen MR) is 65.6 cm³/mol. The average Bonchev–Trinajstić information content (AvgIpc) is 2.33. The Balaban J connectivity index is 2.49. The maximum atomic E-state index is 13.5. The molecule has 0 bridgehead atoms. The molecule has 1 aromatic carbocycles. The van der Waals surface area contributed by atoms with Crippen LogP contribution in [-0.2, 0) is 0 Å². The molecule has 0 fully saturated rings. The van der Waals surface area contributed by atoms with Crippen molar-refractivity contribution < 1.29 is 18.7 Å². The van der Waals surface area contributed by atoms with Crippen LogP contribution >= 0.6 is 0 Å². The van der Waals surface area contributed by atoms with Crippen molar-refractivity contribution in [3.8, 4) is 0 Å². The molecule has 4 nitrogen and oxygen atoms in total. The van der Waals surface area contributed by atoms with E-state index in [1.54, 1.807) is 6.92 Å². The molecule has 6 heteroatoms. The van der Waals surface area contributed by atoms with Gasteiger partial charge in [-0.1, -0.05) is 6.07 Å². The van der Waals surface area contributed by atoms with E-state index in [4.69, 9.17) is 5.11 Å². The smallest absolute Gasteiger partial charge is 0.339 e. The molecule has 0 radical (unpaired) electrons. The van der Waals surface area contributed by atoms with Crippen LogP contribution < -0.4 is 5.32 Å². The standard InChI is InChI=1S/C13H10F2N2O2/c1-7-5-11(8(6-16-7)13(18)19)17-12-9(14)3-2-4-10(12)15/h2-6H,1H3,(H,16,17)(H,18,19). The number of aromatic nitrogens is 1. The number of aryl methyl sites for hydroxylation is 1. The van der Waals surface area contributed by atoms with Crippen molar-refractivity contribution in [3.05, 3.63) is 53.4 Å². The second kappa shape index (κ2) is 5.01. The highest BCUT2D eigenvalue weighted by Crippen LogP contribution is 2.25. The normalized spacial score (nSPS) is 10.3. The number of carboxylic acids is 1. The first kappa shape index (κ1) is 12.9. The Bertz CT molecular complexity index is 624. The summed E-state index contributed by atoms with van der Waals surface area (Å²) >= 11 is 0. The summed E-state index contributed by atoms with van der Waals surface area (Å²) < 4.78 is 27.0. The maximum absolute atomic E-state index is 13.5. The minimum atomic E-state index is -1.23. The van der Waals surface area contributed by atoms with Gasteiger partial charge in [0.1, 0.15) is 22.9 Å². The zero-order valence-corrected chi connectivity index (χ0v) is 9.95. The summed E-state index contributed by atoms with van der Waals surface area (Å²) in [7, 11) is 0. The molecule has 0 saturated heterocycles. The van der Waals surface area contributed by atoms with Gasteiger partial charge in [0.05, 0.1) is 5.69 Å². The van der Waals surface area contributed by atoms with Crippen LogP contribution in [-0.4, -0.2) is 16.1 Å². The van der Waals surface area contributed by atoms with Gasteiger partial charge in [0, 0.05) is 11.9 Å². The third-order valence-electron chi connectivity index (χ3n) is 2.49. The number of para-hydroxylation sites is 1. The Morgan fingerprint density at radius 1 is 1.32 bits per heavy atom. The Kier molecular flexibility index (Phi) is 3.41. The number of nitrogens with zero attached hydrogens (tertiary/aromatic N) is 1. The topological polar surface area (TPSA) is 62.2 Å². The molecule has 1 aromatic heterocycles. The van der Waals surface area contributed by atoms with Crippen LogP contribution in [0.25, 0.3) is 0 Å². The largest absolute Gasteiger partial charge is 0.478 e. The van der Waals surface area contributed by atoms with Crippen molar-refractivity contribution in [2.75, 3.05) is 5.32 Å². The summed E-state index contributed by atoms with van der Waals surface area (Å²) in [5.74, 6) is -2.83. The molecule has 0 aliphatic carbocycles. The van der Waals surface area contributed by atoms with E-state index >= 15 is 0 Å². The first-order valence-electron chi connectivity index (χ1n) is 5.40. The summed E-state index contributed by atoms with van der Waals surface area (Å²) in [6.07, 6.45) is 1.14. The molecule has 98 valence electrons. The number of halogens is 2. The monoisotopic (exact) mass is 264 g/mol. The first-order chi connectivity index (χ1) is 8.99. The van der Waals surface area contributed by atoms with Crippen LogP contribution in [0.4, 0.5) is 20.2 Å². The van der Waals surface area contributed by atoms with E-state index in [0.29, 0.717) is 5.69 Å². The molecule has 0 saturated carbocycles. The minimum absolute atomic E-state index is 0.0870. The zero-order chi connectivity index (χ0) is 14.0. The number of hydrogen-bond acceptors (Lipinski definition) is 3. The number of pyridine rings is 1. The van der Waals surface area contributed by atoms with Crippen LogP contribution in [0, 0.1) is 18.6 Å². The third-order valence-corrected chi connectivity index (χ3v) is 2.49. The number of carbonyl (C=O) groups is 1. The molecule has 2 rings (SSSR count). The quantitative estimate of drug-likeness (QED) is 0.894. The summed E-state index contributed by atoms with van der Waals surface area (Å²) in [4.78, 5) is 14.9. The lowest BCUT2D eigenvalue weighted by molar-refractivity contribution is 0.0697. The number of aromatic carboxylic acids is 1. The molecule has 0 amide bonds. The van der Waals surface area contributed by atoms with Crippen LogP contribution in [0.5, 0.6) is 0 Å². The van der Waals surface area contributed by atoms with E-state index in [1.165, 1.54) is 12.1 Å². The second-order valence-electron chi connectivity index (χ2n) is 3.90. The van der Waals surface area contributed by atoms with E-state index in [-0.39, 0.29) is 11.3 Å². The fourth-order valence-electron chi connectivity index (χ4n) is 1.59. The van der Waals surface area contributed by atoms with Gasteiger partial charge in [0.15, 0.2) is 0 Å². The van der Waals surface area contributed by atoms with Gasteiger partial charge in [-0.05, 0) is 25.1 Å². The Morgan fingerprint density at radius 2 is 1.95 bits per heavy atom. The highest BCUT2D eigenvalue weighted by Gasteiger charge is 2.15. The summed E-state index contributed by atoms with van der Waals surface area (Å²) in [5, 5.41) is 11.5. The number of hydrogen-bond donors (Lipinski definition) is 2. The van der Waals surface area contributed by atoms with Crippen LogP contribution in [0.15, 0.2) is 30.5 Å². The Morgan fingerprint density at radius 3 is 2.53 bits per heavy atom. The molecule has 2 aromatic rings. The van der Waals surface area contributed by atoms with Gasteiger partial charge in [-0.15, -0.1) is 0 Å². The zero-order valence-electron chi connectivity index (χ0n) is 9.95. The summed E-state index contributed by atoms with van der Waals surface area (Å²) in [6, 6.07) is 4.81. The maximum Gasteiger partial charge on any atom is 0.339 e. The van der Waals surface area contributed by atoms with Gasteiger partial charge in [0.25, 0.3) is 0 Å². The minimum Gasteiger partial charge on any atom is -0.478 e. The van der Waals surface area contributed by atoms with E-state index in [1.807, 2.05) is 0 Å². The van der Waals surface area contributed by atoms with Crippen LogP contribution in [0.2, 0.25) is 0 Å². The second-order valence-corrected chi connectivity index (χ2v) is 3.90. The number of benzene rings is 1. The molecule has 0 aliphatic rings. The van der Waals surface area contributed by atoms with Crippen molar-refractivity contribution in [1.82, 2.24) is 4.98 Å². The van der Waals surface area contributed by atoms with Gasteiger partial charge in [0.2, 0.25) is 0 Å². The predicted octanol–water partition coefficient (Wildman–Crippen LogP) is 3.11. The number of carboxylic acid groups (broad SMARTS) is 1. The van der Waals surface area contributed by atoms with Crippen LogP contribution in [0.3, 0.4) is 0 Å². The van der Waals surface area contributed by atoms with E-state index < -0.39 is 23.3 Å². The number of anilines is 2. The van der Waals surface area contributed by atoms with E-state index in [9.17, 15) is 13.6 Å². The molecule has 1 heterocycles. The molecule has 0 atom stereocenters. The van der Waals surface area contributed by atoms with Gasteiger partial charge < -0.3 is 10.4 Å². The molecular formula is C13H10F2N2O2. The number of nitrogens with one attached hydrogen (secondary N) is 1. The lowest BCUT2D eigenvalue weighted by Crippen LogP contribution is -2.06. The molecule has 0 unspecified atom stereocenters. The van der Waals surface area contributed by atoms with Gasteiger partial charge in [-0.3, -0.25) is 4.98 Å². The summed E-state index contributed by atoms with van der Waals surface area (Å²) in [6.45, 7) is 1.65. The molecule has 0 spiro atoms. The third kappa shape index (κ3) is 2.67.